The van der Waals surface area contributed by atoms with Gasteiger partial charge in [-0.25, -0.2) is 0 Å². The third-order valence-electron chi connectivity index (χ3n) is 4.17. The molecule has 0 aliphatic heterocycles. The van der Waals surface area contributed by atoms with Crippen LogP contribution >= 0.6 is 0 Å². The van der Waals surface area contributed by atoms with Crippen LogP contribution in [0.2, 0.25) is 0 Å². The molecule has 0 aromatic carbocycles. The maximum Gasteiger partial charge on any atom is 0.0593 e. The van der Waals surface area contributed by atoms with E-state index in [-0.39, 0.29) is 0 Å². The molecule has 0 radical (unpaired) electrons. The average Bonchev–Trinajstić information content (AvgIpc) is 3.17. The normalized spacial score (nSPS) is 21.8. The first kappa shape index (κ1) is 14.3. The highest BCUT2D eigenvalue weighted by Crippen LogP contribution is 2.28. The summed E-state index contributed by atoms with van der Waals surface area (Å²) in [5.74, 6) is 1.58. The van der Waals surface area contributed by atoms with Gasteiger partial charge < -0.3 is 10.1 Å². The second-order valence-electron chi connectivity index (χ2n) is 6.49. The van der Waals surface area contributed by atoms with Crippen LogP contribution in [0.4, 0.5) is 0 Å². The van der Waals surface area contributed by atoms with E-state index in [9.17, 15) is 0 Å². The number of hydrogen-bond acceptors (Lipinski definition) is 3. The monoisotopic (exact) mass is 254 g/mol. The van der Waals surface area contributed by atoms with Gasteiger partial charge in [0.15, 0.2) is 0 Å². The molecule has 1 unspecified atom stereocenters. The molecule has 18 heavy (non-hydrogen) atoms. The Bertz CT molecular complexity index is 237. The Kier molecular flexibility index (Phi) is 5.46. The number of ether oxygens (including phenoxy) is 1. The standard InChI is InChI=1S/C15H30N2O/c1-12(2)15(10-16-14-6-7-14)17(3)8-9-18-11-13-4-5-13/h12-16H,4-11H2,1-3H3. The van der Waals surface area contributed by atoms with Crippen LogP contribution in [0.25, 0.3) is 0 Å². The summed E-state index contributed by atoms with van der Waals surface area (Å²) in [7, 11) is 2.24. The van der Waals surface area contributed by atoms with Crippen LogP contribution in [0.15, 0.2) is 0 Å². The maximum atomic E-state index is 5.73. The zero-order valence-electron chi connectivity index (χ0n) is 12.3. The van der Waals surface area contributed by atoms with E-state index in [0.717, 1.165) is 38.3 Å². The van der Waals surface area contributed by atoms with Crippen molar-refractivity contribution in [2.75, 3.05) is 33.4 Å². The van der Waals surface area contributed by atoms with Crippen molar-refractivity contribution >= 4 is 0 Å². The van der Waals surface area contributed by atoms with E-state index >= 15 is 0 Å². The Morgan fingerprint density at radius 3 is 2.50 bits per heavy atom. The highest BCUT2D eigenvalue weighted by atomic mass is 16.5. The summed E-state index contributed by atoms with van der Waals surface area (Å²) >= 11 is 0. The minimum absolute atomic E-state index is 0.634. The topological polar surface area (TPSA) is 24.5 Å². The van der Waals surface area contributed by atoms with Crippen LogP contribution in [0.3, 0.4) is 0 Å². The zero-order chi connectivity index (χ0) is 13.0. The van der Waals surface area contributed by atoms with Crippen LogP contribution in [0, 0.1) is 11.8 Å². The largest absolute Gasteiger partial charge is 0.380 e. The van der Waals surface area contributed by atoms with E-state index in [1.165, 1.54) is 25.7 Å². The van der Waals surface area contributed by atoms with Gasteiger partial charge in [-0.15, -0.1) is 0 Å². The van der Waals surface area contributed by atoms with E-state index in [0.29, 0.717) is 12.0 Å². The van der Waals surface area contributed by atoms with Gasteiger partial charge in [0.25, 0.3) is 0 Å². The molecule has 0 saturated heterocycles. The molecule has 2 fully saturated rings. The summed E-state index contributed by atoms with van der Waals surface area (Å²) in [6, 6.07) is 1.45. The van der Waals surface area contributed by atoms with E-state index in [1.54, 1.807) is 0 Å². The summed E-state index contributed by atoms with van der Waals surface area (Å²) in [4.78, 5) is 2.47. The molecular formula is C15H30N2O. The van der Waals surface area contributed by atoms with Crippen molar-refractivity contribution in [2.24, 2.45) is 11.8 Å². The molecule has 0 aromatic rings. The lowest BCUT2D eigenvalue weighted by Crippen LogP contribution is -2.45. The summed E-state index contributed by atoms with van der Waals surface area (Å²) < 4.78 is 5.73. The molecule has 2 rings (SSSR count). The van der Waals surface area contributed by atoms with Crippen LogP contribution in [-0.2, 0) is 4.74 Å². The maximum absolute atomic E-state index is 5.73. The second kappa shape index (κ2) is 6.88. The lowest BCUT2D eigenvalue weighted by Gasteiger charge is -2.31. The zero-order valence-corrected chi connectivity index (χ0v) is 12.3. The van der Waals surface area contributed by atoms with Crippen molar-refractivity contribution in [2.45, 2.75) is 51.6 Å². The van der Waals surface area contributed by atoms with E-state index in [2.05, 4.69) is 31.1 Å². The number of rotatable bonds is 10. The van der Waals surface area contributed by atoms with Crippen LogP contribution in [0.1, 0.15) is 39.5 Å². The molecule has 0 aromatic heterocycles. The minimum Gasteiger partial charge on any atom is -0.380 e. The van der Waals surface area contributed by atoms with Gasteiger partial charge >= 0.3 is 0 Å². The molecule has 1 atom stereocenters. The van der Waals surface area contributed by atoms with Gasteiger partial charge in [-0.1, -0.05) is 13.8 Å². The lowest BCUT2D eigenvalue weighted by molar-refractivity contribution is 0.0823. The number of nitrogens with zero attached hydrogens (tertiary/aromatic N) is 1. The molecule has 2 aliphatic carbocycles. The van der Waals surface area contributed by atoms with Gasteiger partial charge in [0.2, 0.25) is 0 Å². The van der Waals surface area contributed by atoms with E-state index in [4.69, 9.17) is 4.74 Å². The van der Waals surface area contributed by atoms with Crippen molar-refractivity contribution in [3.05, 3.63) is 0 Å². The Balaban J connectivity index is 1.59. The Morgan fingerprint density at radius 1 is 1.22 bits per heavy atom. The van der Waals surface area contributed by atoms with E-state index in [1.807, 2.05) is 0 Å². The molecule has 2 saturated carbocycles. The third kappa shape index (κ3) is 5.25. The van der Waals surface area contributed by atoms with Gasteiger partial charge in [-0.3, -0.25) is 4.90 Å². The molecule has 1 N–H and O–H groups in total. The molecule has 3 heteroatoms. The summed E-state index contributed by atoms with van der Waals surface area (Å²) in [5, 5.41) is 3.66. The fourth-order valence-electron chi connectivity index (χ4n) is 2.38. The Morgan fingerprint density at radius 2 is 1.94 bits per heavy atom. The predicted molar refractivity (Wildman–Crippen MR) is 75.8 cm³/mol. The molecule has 3 nitrogen and oxygen atoms in total. The molecule has 0 spiro atoms. The molecule has 106 valence electrons. The first-order valence-corrected chi connectivity index (χ1v) is 7.68. The highest BCUT2D eigenvalue weighted by molar-refractivity contribution is 4.84. The molecule has 0 heterocycles. The van der Waals surface area contributed by atoms with Crippen LogP contribution in [-0.4, -0.2) is 50.3 Å². The van der Waals surface area contributed by atoms with Crippen LogP contribution in [0.5, 0.6) is 0 Å². The molecule has 0 bridgehead atoms. The molecular weight excluding hydrogens is 224 g/mol. The van der Waals surface area contributed by atoms with E-state index < -0.39 is 0 Å². The quantitative estimate of drug-likeness (QED) is 0.604. The van der Waals surface area contributed by atoms with Gasteiger partial charge in [0.1, 0.15) is 0 Å². The minimum atomic E-state index is 0.634. The Hall–Kier alpha value is -0.120. The summed E-state index contributed by atoms with van der Waals surface area (Å²) in [6.07, 6.45) is 5.52. The average molecular weight is 254 g/mol. The molecule has 0 amide bonds. The number of nitrogens with one attached hydrogen (secondary N) is 1. The fraction of sp³-hybridized carbons (Fsp3) is 1.00. The van der Waals surface area contributed by atoms with Crippen molar-refractivity contribution in [3.8, 4) is 0 Å². The summed E-state index contributed by atoms with van der Waals surface area (Å²) in [6.45, 7) is 8.70. The second-order valence-corrected chi connectivity index (χ2v) is 6.49. The first-order valence-electron chi connectivity index (χ1n) is 7.68. The van der Waals surface area contributed by atoms with Crippen molar-refractivity contribution in [1.29, 1.82) is 0 Å². The van der Waals surface area contributed by atoms with Crippen molar-refractivity contribution < 1.29 is 4.74 Å². The van der Waals surface area contributed by atoms with Gasteiger partial charge in [0, 0.05) is 31.8 Å². The first-order chi connectivity index (χ1) is 8.66. The van der Waals surface area contributed by atoms with Gasteiger partial charge in [0.05, 0.1) is 6.61 Å². The van der Waals surface area contributed by atoms with Crippen molar-refractivity contribution in [3.63, 3.8) is 0 Å². The fourth-order valence-corrected chi connectivity index (χ4v) is 2.38. The predicted octanol–water partition coefficient (Wildman–Crippen LogP) is 2.12. The Labute approximate surface area is 112 Å². The summed E-state index contributed by atoms with van der Waals surface area (Å²) in [5.41, 5.74) is 0. The van der Waals surface area contributed by atoms with Gasteiger partial charge in [-0.2, -0.15) is 0 Å². The third-order valence-corrected chi connectivity index (χ3v) is 4.17. The number of likely N-dealkylation sites (N-methyl/N-ethyl adjacent to an activating group) is 1. The smallest absolute Gasteiger partial charge is 0.0593 e. The number of hydrogen-bond donors (Lipinski definition) is 1. The van der Waals surface area contributed by atoms with Gasteiger partial charge in [-0.05, 0) is 44.6 Å². The highest BCUT2D eigenvalue weighted by Gasteiger charge is 2.25. The SMILES string of the molecule is CC(C)C(CNC1CC1)N(C)CCOCC1CC1. The molecule has 2 aliphatic rings. The van der Waals surface area contributed by atoms with Crippen molar-refractivity contribution in [1.82, 2.24) is 10.2 Å². The van der Waals surface area contributed by atoms with Crippen LogP contribution < -0.4 is 5.32 Å². The lowest BCUT2D eigenvalue weighted by atomic mass is 10.0.